The Morgan fingerprint density at radius 2 is 1.26 bits per heavy atom. The average Bonchev–Trinajstić information content (AvgIpc) is 3.31. The van der Waals surface area contributed by atoms with Crippen molar-refractivity contribution in [3.05, 3.63) is 70.6 Å². The van der Waals surface area contributed by atoms with E-state index < -0.39 is 12.2 Å². The second-order valence-corrected chi connectivity index (χ2v) is 9.85. The minimum atomic E-state index is -0.756. The fourth-order valence-electron chi connectivity index (χ4n) is 5.74. The Hall–Kier alpha value is -4.28. The largest absolute Gasteiger partial charge is 0.342 e. The summed E-state index contributed by atoms with van der Waals surface area (Å²) >= 11 is 0. The van der Waals surface area contributed by atoms with E-state index in [9.17, 15) is 18.4 Å². The van der Waals surface area contributed by atoms with Gasteiger partial charge in [-0.1, -0.05) is 0 Å². The molecule has 6 rings (SSSR count). The van der Waals surface area contributed by atoms with Crippen LogP contribution in [-0.4, -0.2) is 59.3 Å². The van der Waals surface area contributed by atoms with Gasteiger partial charge in [0.15, 0.2) is 5.78 Å². The van der Waals surface area contributed by atoms with Crippen molar-refractivity contribution >= 4 is 11.7 Å². The highest BCUT2D eigenvalue weighted by molar-refractivity contribution is 5.99. The van der Waals surface area contributed by atoms with Crippen LogP contribution in [0.3, 0.4) is 0 Å². The molecule has 0 spiro atoms. The van der Waals surface area contributed by atoms with Crippen LogP contribution >= 0.6 is 0 Å². The Morgan fingerprint density at radius 1 is 0.744 bits per heavy atom. The lowest BCUT2D eigenvalue weighted by Gasteiger charge is -2.25. The van der Waals surface area contributed by atoms with Crippen LogP contribution in [0.15, 0.2) is 24.5 Å². The molecule has 4 aromatic heterocycles. The van der Waals surface area contributed by atoms with E-state index in [0.29, 0.717) is 30.0 Å². The Bertz CT molecular complexity index is 1620. The number of amides is 1. The molecule has 2 aliphatic rings. The van der Waals surface area contributed by atoms with Crippen LogP contribution in [0.25, 0.3) is 22.5 Å². The molecule has 0 bridgehead atoms. The fourth-order valence-corrected chi connectivity index (χ4v) is 5.74. The molecule has 0 aliphatic carbocycles. The van der Waals surface area contributed by atoms with E-state index in [1.165, 1.54) is 12.4 Å². The second-order valence-electron chi connectivity index (χ2n) is 9.85. The highest BCUT2D eigenvalue weighted by atomic mass is 19.1. The predicted molar refractivity (Wildman–Crippen MR) is 140 cm³/mol. The van der Waals surface area contributed by atoms with Gasteiger partial charge in [-0.15, -0.1) is 0 Å². The first-order valence-corrected chi connectivity index (χ1v) is 12.8. The zero-order valence-corrected chi connectivity index (χ0v) is 22.5. The number of fused-ring (bicyclic) bond motifs is 2. The summed E-state index contributed by atoms with van der Waals surface area (Å²) in [6, 6.07) is 3.34. The SMILES string of the molecule is Cc1c(-c2ccnc(F)n2)c(C)n2c1C(=O)CCC2.Cc1c(-c2ccnc(F)n2)c(C)n2c1C(=O)N(C)CC2. The molecule has 1 amide bonds. The van der Waals surface area contributed by atoms with Gasteiger partial charge in [-0.3, -0.25) is 9.59 Å². The minimum absolute atomic E-state index is 0.00220. The predicted octanol–water partition coefficient (Wildman–Crippen LogP) is 4.46. The zero-order valence-electron chi connectivity index (χ0n) is 22.5. The van der Waals surface area contributed by atoms with Crippen molar-refractivity contribution in [3.8, 4) is 22.5 Å². The summed E-state index contributed by atoms with van der Waals surface area (Å²) in [6.07, 6.45) is 2.73. The first-order valence-electron chi connectivity index (χ1n) is 12.8. The first kappa shape index (κ1) is 26.3. The van der Waals surface area contributed by atoms with Gasteiger partial charge >= 0.3 is 12.2 Å². The van der Waals surface area contributed by atoms with Crippen LogP contribution < -0.4 is 0 Å². The van der Waals surface area contributed by atoms with Gasteiger partial charge in [-0.25, -0.2) is 19.9 Å². The van der Waals surface area contributed by atoms with Gasteiger partial charge < -0.3 is 14.0 Å². The fraction of sp³-hybridized carbons (Fsp3) is 0.357. The summed E-state index contributed by atoms with van der Waals surface area (Å²) in [5, 5.41) is 0. The molecule has 4 aromatic rings. The number of aromatic nitrogens is 6. The van der Waals surface area contributed by atoms with Crippen LogP contribution in [-0.2, 0) is 13.1 Å². The van der Waals surface area contributed by atoms with Crippen molar-refractivity contribution in [1.82, 2.24) is 34.0 Å². The van der Waals surface area contributed by atoms with E-state index >= 15 is 0 Å². The third kappa shape index (κ3) is 4.51. The number of rotatable bonds is 2. The van der Waals surface area contributed by atoms with E-state index in [0.717, 1.165) is 58.8 Å². The lowest BCUT2D eigenvalue weighted by molar-refractivity contribution is 0.0747. The lowest BCUT2D eigenvalue weighted by Crippen LogP contribution is -2.37. The maximum Gasteiger partial charge on any atom is 0.309 e. The molecule has 0 fully saturated rings. The van der Waals surface area contributed by atoms with E-state index in [1.807, 2.05) is 36.8 Å². The number of carbonyl (C=O) groups is 2. The quantitative estimate of drug-likeness (QED) is 0.353. The van der Waals surface area contributed by atoms with Crippen LogP contribution in [0.5, 0.6) is 0 Å². The number of hydrogen-bond acceptors (Lipinski definition) is 6. The minimum Gasteiger partial charge on any atom is -0.342 e. The summed E-state index contributed by atoms with van der Waals surface area (Å²) in [5.74, 6) is 0.158. The smallest absolute Gasteiger partial charge is 0.309 e. The highest BCUT2D eigenvalue weighted by Gasteiger charge is 2.30. The maximum absolute atomic E-state index is 13.2. The van der Waals surface area contributed by atoms with Crippen molar-refractivity contribution in [2.45, 2.75) is 53.6 Å². The van der Waals surface area contributed by atoms with Crippen molar-refractivity contribution in [3.63, 3.8) is 0 Å². The second kappa shape index (κ2) is 10.1. The number of likely N-dealkylation sites (N-methyl/N-ethyl adjacent to an activating group) is 1. The molecule has 0 saturated carbocycles. The van der Waals surface area contributed by atoms with Crippen LogP contribution in [0.1, 0.15) is 56.3 Å². The number of carbonyl (C=O) groups excluding carboxylic acids is 2. The Morgan fingerprint density at radius 3 is 1.77 bits per heavy atom. The Labute approximate surface area is 224 Å². The van der Waals surface area contributed by atoms with Crippen molar-refractivity contribution in [2.75, 3.05) is 13.6 Å². The summed E-state index contributed by atoms with van der Waals surface area (Å²) in [4.78, 5) is 40.7. The number of nitrogens with zero attached hydrogens (tertiary/aromatic N) is 7. The van der Waals surface area contributed by atoms with Crippen molar-refractivity contribution in [1.29, 1.82) is 0 Å². The zero-order chi connectivity index (χ0) is 28.0. The van der Waals surface area contributed by atoms with Gasteiger partial charge in [0, 0.05) is 68.0 Å². The first-order chi connectivity index (χ1) is 18.6. The summed E-state index contributed by atoms with van der Waals surface area (Å²) < 4.78 is 30.4. The van der Waals surface area contributed by atoms with Gasteiger partial charge in [0.25, 0.3) is 5.91 Å². The number of hydrogen-bond donors (Lipinski definition) is 0. The molecular formula is C28H29F2N7O2. The lowest BCUT2D eigenvalue weighted by atomic mass is 10.0. The molecular weight excluding hydrogens is 504 g/mol. The normalized spacial score (nSPS) is 14.6. The van der Waals surface area contributed by atoms with E-state index in [4.69, 9.17) is 0 Å². The van der Waals surface area contributed by atoms with Crippen LogP contribution in [0.2, 0.25) is 0 Å². The van der Waals surface area contributed by atoms with Gasteiger partial charge in [-0.05, 0) is 57.4 Å². The molecule has 0 atom stereocenters. The van der Waals surface area contributed by atoms with Gasteiger partial charge in [-0.2, -0.15) is 8.78 Å². The summed E-state index contributed by atoms with van der Waals surface area (Å²) in [7, 11) is 1.79. The molecule has 0 aromatic carbocycles. The Balaban J connectivity index is 0.000000158. The van der Waals surface area contributed by atoms with E-state index in [1.54, 1.807) is 24.1 Å². The highest BCUT2D eigenvalue weighted by Crippen LogP contribution is 2.34. The number of ketones is 1. The van der Waals surface area contributed by atoms with E-state index in [-0.39, 0.29) is 11.7 Å². The molecule has 39 heavy (non-hydrogen) atoms. The van der Waals surface area contributed by atoms with Gasteiger partial charge in [0.1, 0.15) is 5.69 Å². The third-order valence-electron chi connectivity index (χ3n) is 7.56. The molecule has 0 N–H and O–H groups in total. The molecule has 9 nitrogen and oxygen atoms in total. The molecule has 11 heteroatoms. The Kier molecular flexibility index (Phi) is 6.83. The van der Waals surface area contributed by atoms with E-state index in [2.05, 4.69) is 19.9 Å². The third-order valence-corrected chi connectivity index (χ3v) is 7.56. The number of Topliss-reactive ketones (excluding diaryl/α,β-unsaturated/α-hetero) is 1. The molecule has 0 radical (unpaired) electrons. The molecule has 202 valence electrons. The molecule has 2 aliphatic heterocycles. The molecule has 0 unspecified atom stereocenters. The summed E-state index contributed by atoms with van der Waals surface area (Å²) in [5.41, 5.74) is 7.80. The number of halogens is 2. The van der Waals surface area contributed by atoms with Crippen molar-refractivity contribution < 1.29 is 18.4 Å². The monoisotopic (exact) mass is 533 g/mol. The van der Waals surface area contributed by atoms with Crippen LogP contribution in [0.4, 0.5) is 8.78 Å². The van der Waals surface area contributed by atoms with Crippen LogP contribution in [0, 0.1) is 39.9 Å². The standard InChI is InChI=1S/C14H15FN4O.C14H14FN3O/c1-8-11(10-4-5-16-14(15)17-10)9(2)19-7-6-18(3)13(20)12(8)19;1-8-12(10-5-6-16-14(15)17-10)9(2)18-7-3-4-11(19)13(8)18/h4-5H,6-7H2,1-3H3;5-6H,3-4,7H2,1-2H3. The summed E-state index contributed by atoms with van der Waals surface area (Å²) in [6.45, 7) is 9.93. The maximum atomic E-state index is 13.2. The average molecular weight is 534 g/mol. The van der Waals surface area contributed by atoms with Gasteiger partial charge in [0.2, 0.25) is 0 Å². The molecule has 6 heterocycles. The van der Waals surface area contributed by atoms with Crippen molar-refractivity contribution in [2.24, 2.45) is 0 Å². The topological polar surface area (TPSA) is 98.8 Å². The molecule has 0 saturated heterocycles. The van der Waals surface area contributed by atoms with Gasteiger partial charge in [0.05, 0.1) is 17.1 Å².